The maximum atomic E-state index is 12.5. The molecule has 1 aromatic rings. The lowest BCUT2D eigenvalue weighted by Gasteiger charge is -2.24. The van der Waals surface area contributed by atoms with Gasteiger partial charge in [0.05, 0.1) is 6.61 Å². The molecule has 2 rings (SSSR count). The number of ether oxygens (including phenoxy) is 1. The summed E-state index contributed by atoms with van der Waals surface area (Å²) in [6, 6.07) is 3.79. The second-order valence-corrected chi connectivity index (χ2v) is 5.56. The minimum Gasteiger partial charge on any atom is -0.493 e. The molecule has 29 heavy (non-hydrogen) atoms. The van der Waals surface area contributed by atoms with Crippen LogP contribution in [0, 0.1) is 0 Å². The molecule has 3 heteroatoms. The third-order valence-electron chi connectivity index (χ3n) is 4.08. The second-order valence-electron chi connectivity index (χ2n) is 5.56. The molecular formula is C26H40O3. The molecule has 0 aromatic heterocycles. The second kappa shape index (κ2) is 16.5. The molecule has 0 spiro atoms. The zero-order valence-corrected chi connectivity index (χ0v) is 19.8. The van der Waals surface area contributed by atoms with E-state index in [1.807, 2.05) is 66.7 Å². The molecular weight excluding hydrogens is 360 g/mol. The van der Waals surface area contributed by atoms with E-state index >= 15 is 0 Å². The first kappa shape index (κ1) is 28.8. The van der Waals surface area contributed by atoms with E-state index in [0.29, 0.717) is 36.3 Å². The lowest BCUT2D eigenvalue weighted by molar-refractivity contribution is -0.112. The van der Waals surface area contributed by atoms with Crippen LogP contribution in [0.1, 0.15) is 95.3 Å². The first-order chi connectivity index (χ1) is 14.0. The molecule has 0 aliphatic heterocycles. The number of hydrogen-bond acceptors (Lipinski definition) is 3. The van der Waals surface area contributed by atoms with Gasteiger partial charge in [0.1, 0.15) is 5.76 Å². The predicted octanol–water partition coefficient (Wildman–Crippen LogP) is 7.45. The SMILES string of the molecule is C=CCC.C=Cc1ccc2c(c1CC)C(=O)C(=O)C(CC)=C2OCC.CC.CC. The summed E-state index contributed by atoms with van der Waals surface area (Å²) >= 11 is 0. The van der Waals surface area contributed by atoms with Gasteiger partial charge in [0, 0.05) is 16.7 Å². The van der Waals surface area contributed by atoms with Crippen molar-refractivity contribution in [3.63, 3.8) is 0 Å². The van der Waals surface area contributed by atoms with Crippen LogP contribution >= 0.6 is 0 Å². The van der Waals surface area contributed by atoms with Crippen LogP contribution in [0.5, 0.6) is 0 Å². The molecule has 162 valence electrons. The fourth-order valence-corrected chi connectivity index (χ4v) is 2.83. The normalized spacial score (nSPS) is 11.6. The smallest absolute Gasteiger partial charge is 0.234 e. The maximum absolute atomic E-state index is 12.5. The van der Waals surface area contributed by atoms with E-state index in [-0.39, 0.29) is 0 Å². The Morgan fingerprint density at radius 3 is 1.83 bits per heavy atom. The molecule has 0 amide bonds. The van der Waals surface area contributed by atoms with Crippen LogP contribution < -0.4 is 0 Å². The molecule has 0 saturated heterocycles. The minimum atomic E-state index is -0.440. The summed E-state index contributed by atoms with van der Waals surface area (Å²) in [6.07, 6.45) is 5.84. The topological polar surface area (TPSA) is 43.4 Å². The molecule has 0 fully saturated rings. The number of allylic oxidation sites excluding steroid dienone is 2. The summed E-state index contributed by atoms with van der Waals surface area (Å²) in [5.41, 5.74) is 3.46. The van der Waals surface area contributed by atoms with Crippen molar-refractivity contribution in [2.45, 2.75) is 74.7 Å². The van der Waals surface area contributed by atoms with Gasteiger partial charge in [-0.3, -0.25) is 9.59 Å². The highest BCUT2D eigenvalue weighted by Crippen LogP contribution is 2.35. The van der Waals surface area contributed by atoms with Gasteiger partial charge >= 0.3 is 0 Å². The van der Waals surface area contributed by atoms with Gasteiger partial charge in [-0.1, -0.05) is 73.3 Å². The maximum Gasteiger partial charge on any atom is 0.234 e. The van der Waals surface area contributed by atoms with Gasteiger partial charge in [0.15, 0.2) is 0 Å². The standard InChI is InChI=1S/C18H20O3.C4H8.2C2H6/c1-5-11-9-10-14-15(12(11)6-2)17(20)16(19)13(7-3)18(14)21-8-4;1-3-4-2;2*1-2/h5,9-10H,1,6-8H2,2-4H3;3H,1,4H2,2H3;2*1-2H3. The van der Waals surface area contributed by atoms with Crippen molar-refractivity contribution in [3.05, 3.63) is 59.2 Å². The Morgan fingerprint density at radius 1 is 0.897 bits per heavy atom. The molecule has 0 N–H and O–H groups in total. The van der Waals surface area contributed by atoms with Crippen molar-refractivity contribution in [2.24, 2.45) is 0 Å². The Bertz CT molecular complexity index is 709. The summed E-state index contributed by atoms with van der Waals surface area (Å²) in [5, 5.41) is 0. The zero-order chi connectivity index (χ0) is 23.0. The van der Waals surface area contributed by atoms with E-state index in [4.69, 9.17) is 4.74 Å². The largest absolute Gasteiger partial charge is 0.493 e. The number of fused-ring (bicyclic) bond motifs is 1. The van der Waals surface area contributed by atoms with Crippen molar-refractivity contribution < 1.29 is 14.3 Å². The van der Waals surface area contributed by atoms with Gasteiger partial charge in [0.25, 0.3) is 0 Å². The molecule has 1 aromatic carbocycles. The van der Waals surface area contributed by atoms with Crippen molar-refractivity contribution >= 4 is 23.4 Å². The minimum absolute atomic E-state index is 0.425. The quantitative estimate of drug-likeness (QED) is 0.368. The molecule has 0 heterocycles. The summed E-state index contributed by atoms with van der Waals surface area (Å²) in [5.74, 6) is -0.305. The first-order valence-electron chi connectivity index (χ1n) is 10.9. The highest BCUT2D eigenvalue weighted by Gasteiger charge is 2.34. The van der Waals surface area contributed by atoms with Gasteiger partial charge < -0.3 is 4.74 Å². The fourth-order valence-electron chi connectivity index (χ4n) is 2.83. The molecule has 3 nitrogen and oxygen atoms in total. The Kier molecular flexibility index (Phi) is 16.4. The lowest BCUT2D eigenvalue weighted by Crippen LogP contribution is -2.26. The van der Waals surface area contributed by atoms with E-state index in [1.165, 1.54) is 0 Å². The van der Waals surface area contributed by atoms with Gasteiger partial charge in [-0.2, -0.15) is 0 Å². The average molecular weight is 401 g/mol. The van der Waals surface area contributed by atoms with Gasteiger partial charge in [-0.15, -0.1) is 6.58 Å². The summed E-state index contributed by atoms with van der Waals surface area (Å²) in [6.45, 7) is 23.5. The number of carbonyl (C=O) groups is 2. The fraction of sp³-hybridized carbons (Fsp3) is 0.462. The number of ketones is 2. The molecule has 0 bridgehead atoms. The third kappa shape index (κ3) is 7.16. The van der Waals surface area contributed by atoms with Gasteiger partial charge in [-0.05, 0) is 43.4 Å². The molecule has 0 unspecified atom stereocenters. The number of carbonyl (C=O) groups excluding carboxylic acids is 2. The van der Waals surface area contributed by atoms with Crippen molar-refractivity contribution in [3.8, 4) is 0 Å². The number of benzene rings is 1. The monoisotopic (exact) mass is 400 g/mol. The average Bonchev–Trinajstić information content (AvgIpc) is 2.79. The van der Waals surface area contributed by atoms with Crippen LogP contribution in [-0.4, -0.2) is 18.2 Å². The predicted molar refractivity (Wildman–Crippen MR) is 127 cm³/mol. The number of hydrogen-bond donors (Lipinski definition) is 0. The highest BCUT2D eigenvalue weighted by molar-refractivity contribution is 6.52. The number of rotatable bonds is 6. The Hall–Kier alpha value is -2.42. The molecule has 1 aliphatic rings. The van der Waals surface area contributed by atoms with Crippen LogP contribution in [0.25, 0.3) is 11.8 Å². The van der Waals surface area contributed by atoms with Gasteiger partial charge in [-0.25, -0.2) is 0 Å². The van der Waals surface area contributed by atoms with E-state index in [0.717, 1.165) is 23.1 Å². The summed E-state index contributed by atoms with van der Waals surface area (Å²) in [4.78, 5) is 24.9. The zero-order valence-electron chi connectivity index (χ0n) is 19.8. The molecule has 1 aliphatic carbocycles. The van der Waals surface area contributed by atoms with E-state index in [2.05, 4.69) is 20.1 Å². The number of Topliss-reactive ketones (excluding diaryl/α,β-unsaturated/α-hetero) is 2. The van der Waals surface area contributed by atoms with Crippen LogP contribution in [0.2, 0.25) is 0 Å². The van der Waals surface area contributed by atoms with Crippen molar-refractivity contribution in [2.75, 3.05) is 6.61 Å². The lowest BCUT2D eigenvalue weighted by atomic mass is 9.82. The Morgan fingerprint density at radius 2 is 1.45 bits per heavy atom. The summed E-state index contributed by atoms with van der Waals surface area (Å²) < 4.78 is 5.69. The van der Waals surface area contributed by atoms with E-state index in [1.54, 1.807) is 6.08 Å². The Labute approximate surface area is 178 Å². The molecule has 0 atom stereocenters. The van der Waals surface area contributed by atoms with Crippen LogP contribution in [0.3, 0.4) is 0 Å². The van der Waals surface area contributed by atoms with E-state index in [9.17, 15) is 9.59 Å². The van der Waals surface area contributed by atoms with Crippen LogP contribution in [-0.2, 0) is 16.0 Å². The van der Waals surface area contributed by atoms with Crippen LogP contribution in [0.4, 0.5) is 0 Å². The third-order valence-corrected chi connectivity index (χ3v) is 4.08. The van der Waals surface area contributed by atoms with Crippen molar-refractivity contribution in [1.82, 2.24) is 0 Å². The highest BCUT2D eigenvalue weighted by atomic mass is 16.5. The first-order valence-corrected chi connectivity index (χ1v) is 10.9. The van der Waals surface area contributed by atoms with E-state index < -0.39 is 11.6 Å². The van der Waals surface area contributed by atoms with Gasteiger partial charge in [0.2, 0.25) is 11.6 Å². The summed E-state index contributed by atoms with van der Waals surface area (Å²) in [7, 11) is 0. The van der Waals surface area contributed by atoms with Crippen LogP contribution in [0.15, 0.2) is 36.9 Å². The molecule has 0 radical (unpaired) electrons. The van der Waals surface area contributed by atoms with Crippen molar-refractivity contribution in [1.29, 1.82) is 0 Å². The Balaban J connectivity index is 0. The molecule has 0 saturated carbocycles.